The molecular weight excluding hydrogens is 360 g/mol. The van der Waals surface area contributed by atoms with Crippen LogP contribution in [0, 0.1) is 33.3 Å². The molecule has 4 aliphatic carbocycles. The molecule has 2 atom stereocenters. The van der Waals surface area contributed by atoms with Gasteiger partial charge in [-0.25, -0.2) is 0 Å². The average molecular weight is 386 g/mol. The van der Waals surface area contributed by atoms with E-state index in [2.05, 4.69) is 15.5 Å². The third kappa shape index (κ3) is 3.55. The van der Waals surface area contributed by atoms with Gasteiger partial charge in [-0.15, -0.1) is 10.1 Å². The molecule has 0 aliphatic heterocycles. The molecule has 8 nitrogen and oxygen atoms in total. The molecule has 4 saturated carbocycles. The number of hydrogen-bond acceptors (Lipinski definition) is 6. The molecule has 4 fully saturated rings. The summed E-state index contributed by atoms with van der Waals surface area (Å²) in [6.07, 6.45) is 6.30. The molecule has 2 unspecified atom stereocenters. The number of hydrogen-bond donors (Lipinski definition) is 3. The minimum Gasteiger partial charge on any atom is -0.384 e. The van der Waals surface area contributed by atoms with Gasteiger partial charge in [0.25, 0.3) is 11.0 Å². The van der Waals surface area contributed by atoms with E-state index in [-0.39, 0.29) is 23.8 Å². The Morgan fingerprint density at radius 1 is 1.25 bits per heavy atom. The first-order chi connectivity index (χ1) is 13.5. The lowest BCUT2D eigenvalue weighted by Gasteiger charge is -2.34. The van der Waals surface area contributed by atoms with Gasteiger partial charge in [0, 0.05) is 23.3 Å². The highest BCUT2D eigenvalue weighted by Gasteiger charge is 2.58. The van der Waals surface area contributed by atoms with E-state index in [0.717, 1.165) is 24.7 Å². The van der Waals surface area contributed by atoms with E-state index < -0.39 is 5.09 Å². The summed E-state index contributed by atoms with van der Waals surface area (Å²) >= 11 is 0. The van der Waals surface area contributed by atoms with Crippen molar-refractivity contribution in [3.8, 4) is 0 Å². The van der Waals surface area contributed by atoms with E-state index in [1.54, 1.807) is 12.1 Å². The topological polar surface area (TPSA) is 117 Å². The zero-order chi connectivity index (χ0) is 19.7. The lowest BCUT2D eigenvalue weighted by molar-refractivity contribution is -0.757. The zero-order valence-electron chi connectivity index (χ0n) is 15.8. The number of nitrogens with zero attached hydrogens (tertiary/aromatic N) is 1. The first-order valence-electron chi connectivity index (χ1n) is 9.98. The SMILES string of the molecule is N=C(C(=O)NC12CC3CC(CC1C3)C2)c1ccccc1NCCCO[N+](=O)[O-]. The van der Waals surface area contributed by atoms with Crippen molar-refractivity contribution in [2.45, 2.75) is 44.1 Å². The maximum Gasteiger partial charge on any atom is 0.294 e. The molecule has 150 valence electrons. The standard InChI is InChI=1S/C20H26N4O4/c21-18(16-4-1-2-5-17(16)22-6-3-7-28-24(26)27)19(25)23-20-11-13-8-14(12-20)10-15(20)9-13/h1-2,4-5,13-15,21-22H,3,6-12H2,(H,23,25). The van der Waals surface area contributed by atoms with E-state index in [9.17, 15) is 14.9 Å². The number of benzene rings is 1. The van der Waals surface area contributed by atoms with Gasteiger partial charge in [0.05, 0.1) is 6.61 Å². The van der Waals surface area contributed by atoms with Crippen molar-refractivity contribution in [1.82, 2.24) is 5.32 Å². The van der Waals surface area contributed by atoms with Gasteiger partial charge in [-0.05, 0) is 62.3 Å². The van der Waals surface area contributed by atoms with Crippen molar-refractivity contribution in [1.29, 1.82) is 5.41 Å². The summed E-state index contributed by atoms with van der Waals surface area (Å²) in [4.78, 5) is 27.4. The van der Waals surface area contributed by atoms with Gasteiger partial charge in [-0.1, -0.05) is 18.2 Å². The predicted molar refractivity (Wildman–Crippen MR) is 104 cm³/mol. The molecule has 0 heterocycles. The average Bonchev–Trinajstić information content (AvgIpc) is 3.04. The molecule has 5 rings (SSSR count). The fourth-order valence-electron chi connectivity index (χ4n) is 5.70. The maximum atomic E-state index is 12.9. The van der Waals surface area contributed by atoms with Crippen molar-refractivity contribution in [3.63, 3.8) is 0 Å². The molecule has 4 bridgehead atoms. The molecule has 3 N–H and O–H groups in total. The summed E-state index contributed by atoms with van der Waals surface area (Å²) in [5.41, 5.74) is 1.09. The summed E-state index contributed by atoms with van der Waals surface area (Å²) < 4.78 is 0. The Labute approximate surface area is 163 Å². The van der Waals surface area contributed by atoms with Gasteiger partial charge in [0.2, 0.25) is 0 Å². The highest BCUT2D eigenvalue weighted by atomic mass is 16.9. The van der Waals surface area contributed by atoms with Crippen LogP contribution in [0.3, 0.4) is 0 Å². The van der Waals surface area contributed by atoms with Gasteiger partial charge in [0.15, 0.2) is 0 Å². The minimum atomic E-state index is -0.809. The Morgan fingerprint density at radius 2 is 1.96 bits per heavy atom. The van der Waals surface area contributed by atoms with Crippen LogP contribution in [0.15, 0.2) is 24.3 Å². The van der Waals surface area contributed by atoms with E-state index in [4.69, 9.17) is 5.41 Å². The molecule has 1 aromatic rings. The summed E-state index contributed by atoms with van der Waals surface area (Å²) in [6, 6.07) is 7.21. The Balaban J connectivity index is 1.38. The molecule has 1 aromatic carbocycles. The zero-order valence-corrected chi connectivity index (χ0v) is 15.8. The number of para-hydroxylation sites is 1. The molecule has 28 heavy (non-hydrogen) atoms. The van der Waals surface area contributed by atoms with Crippen LogP contribution in [-0.4, -0.2) is 35.4 Å². The van der Waals surface area contributed by atoms with E-state index >= 15 is 0 Å². The molecule has 0 aromatic heterocycles. The van der Waals surface area contributed by atoms with Crippen LogP contribution >= 0.6 is 0 Å². The molecule has 4 aliphatic rings. The van der Waals surface area contributed by atoms with Crippen LogP contribution in [0.25, 0.3) is 0 Å². The highest BCUT2D eigenvalue weighted by Crippen LogP contribution is 2.60. The first kappa shape index (κ1) is 18.7. The number of anilines is 1. The summed E-state index contributed by atoms with van der Waals surface area (Å²) in [5.74, 6) is 1.74. The van der Waals surface area contributed by atoms with Crippen LogP contribution in [0.2, 0.25) is 0 Å². The number of nitrogens with one attached hydrogen (secondary N) is 3. The van der Waals surface area contributed by atoms with Gasteiger partial charge in [-0.3, -0.25) is 10.2 Å². The molecule has 8 heteroatoms. The number of rotatable bonds is 9. The van der Waals surface area contributed by atoms with Gasteiger partial charge >= 0.3 is 0 Å². The van der Waals surface area contributed by atoms with Crippen molar-refractivity contribution in [2.24, 2.45) is 17.8 Å². The largest absolute Gasteiger partial charge is 0.384 e. The second-order valence-corrected chi connectivity index (χ2v) is 8.41. The summed E-state index contributed by atoms with van der Waals surface area (Å²) in [6.45, 7) is 0.460. The van der Waals surface area contributed by atoms with Crippen LogP contribution in [0.1, 0.15) is 44.1 Å². The third-order valence-corrected chi connectivity index (χ3v) is 6.61. The van der Waals surface area contributed by atoms with Gasteiger partial charge in [0.1, 0.15) is 5.71 Å². The molecule has 1 amide bonds. The number of amides is 1. The fraction of sp³-hybridized carbons (Fsp3) is 0.600. The Morgan fingerprint density at radius 3 is 2.68 bits per heavy atom. The predicted octanol–water partition coefficient (Wildman–Crippen LogP) is 2.76. The van der Waals surface area contributed by atoms with Crippen molar-refractivity contribution in [2.75, 3.05) is 18.5 Å². The van der Waals surface area contributed by atoms with E-state index in [1.807, 2.05) is 12.1 Å². The van der Waals surface area contributed by atoms with Crippen molar-refractivity contribution in [3.05, 3.63) is 39.9 Å². The fourth-order valence-corrected chi connectivity index (χ4v) is 5.70. The van der Waals surface area contributed by atoms with Gasteiger partial charge < -0.3 is 15.5 Å². The number of carbonyl (C=O) groups is 1. The second kappa shape index (κ2) is 7.41. The highest BCUT2D eigenvalue weighted by molar-refractivity contribution is 6.45. The lowest BCUT2D eigenvalue weighted by atomic mass is 9.80. The summed E-state index contributed by atoms with van der Waals surface area (Å²) in [7, 11) is 0. The molecule has 0 spiro atoms. The Kier molecular flexibility index (Phi) is 4.95. The lowest BCUT2D eigenvalue weighted by Crippen LogP contribution is -2.51. The smallest absolute Gasteiger partial charge is 0.294 e. The van der Waals surface area contributed by atoms with E-state index in [0.29, 0.717) is 30.1 Å². The minimum absolute atomic E-state index is 0.00629. The number of carbonyl (C=O) groups excluding carboxylic acids is 1. The maximum absolute atomic E-state index is 12.9. The van der Waals surface area contributed by atoms with E-state index in [1.165, 1.54) is 19.3 Å². The quantitative estimate of drug-likeness (QED) is 0.261. The Hall–Kier alpha value is -2.64. The van der Waals surface area contributed by atoms with Crippen LogP contribution < -0.4 is 10.6 Å². The summed E-state index contributed by atoms with van der Waals surface area (Å²) in [5, 5.41) is 24.2. The van der Waals surface area contributed by atoms with Crippen LogP contribution in [-0.2, 0) is 9.63 Å². The van der Waals surface area contributed by atoms with Gasteiger partial charge in [-0.2, -0.15) is 0 Å². The van der Waals surface area contributed by atoms with Crippen molar-refractivity contribution < 1.29 is 14.7 Å². The first-order valence-corrected chi connectivity index (χ1v) is 9.98. The van der Waals surface area contributed by atoms with Crippen molar-refractivity contribution >= 4 is 17.3 Å². The second-order valence-electron chi connectivity index (χ2n) is 8.41. The normalized spacial score (nSPS) is 29.5. The monoisotopic (exact) mass is 386 g/mol. The molecule has 0 saturated heterocycles. The molecule has 0 radical (unpaired) electrons. The van der Waals surface area contributed by atoms with Crippen LogP contribution in [0.5, 0.6) is 0 Å². The third-order valence-electron chi connectivity index (χ3n) is 6.61. The molecular formula is C20H26N4O4. The van der Waals surface area contributed by atoms with Crippen LogP contribution in [0.4, 0.5) is 5.69 Å². The Bertz CT molecular complexity index is 782.